The molecule has 4 aromatic rings. The minimum absolute atomic E-state index is 0.0493. The SMILES string of the molecule is CC[C@H](C)[C@@H]([C@@H](CC(=O)N1CCC[C@H]1[C@H](OC)[C@@H](C)C(=O)N[C@H](C)[C@@H](O)c1ccccc1)OC)N(C)C(=O)[C@@H](NC(=O)[C@H](C(C)C)N(C)C(=O)OCc1ccc(O[C@@H]2OC(C(=O)OC)=C[C@H](O)[C@H]2O)c(NC(=O)CCNC(=O)[C@H](CCCCNC(=O)CCOCCOCCOCCOCCOCCOCCOCCOCCOCCOCCOCCOC)NC(=O)OCC2c3ccccc3-c3ccccc32)c1)C(C)C. The molecule has 0 aromatic heterocycles. The van der Waals surface area contributed by atoms with Crippen LogP contribution in [0.5, 0.6) is 5.75 Å². The van der Waals surface area contributed by atoms with Crippen LogP contribution in [-0.2, 0) is 130 Å². The minimum Gasteiger partial charge on any atom is -0.463 e. The lowest BCUT2D eigenvalue weighted by molar-refractivity contribution is -0.174. The van der Waals surface area contributed by atoms with E-state index in [1.807, 2.05) is 68.4 Å². The van der Waals surface area contributed by atoms with Crippen molar-refractivity contribution in [1.29, 1.82) is 0 Å². The Labute approximate surface area is 852 Å². The summed E-state index contributed by atoms with van der Waals surface area (Å²) in [6.45, 7) is 23.8. The number of likely N-dealkylation sites (tertiary alicyclic amines) is 1. The summed E-state index contributed by atoms with van der Waals surface area (Å²) < 4.78 is 106. The van der Waals surface area contributed by atoms with Gasteiger partial charge in [0.2, 0.25) is 47.1 Å². The Morgan fingerprint density at radius 3 is 1.61 bits per heavy atom. The summed E-state index contributed by atoms with van der Waals surface area (Å²) in [7, 11) is 8.65. The standard InChI is InChI=1S/C104H159N9O32/c1-15-71(6)93(86(128-12)66-90(117)113-40-25-33-83(113)96(129-13)72(7)97(120)107-73(8)94(118)75-26-17-16-18-27-75)111(9)100(123)91(69(2)3)110-99(122)92(70(4)5)112(10)104(126)143-67-74-34-35-85(144-102-95(119)84(114)65-87(145-102)101(124)130-14)82(64-74)108-89(116)36-39-106-98(121)81(109-103(125)142-68-80-78-30-21-19-28-76(78)77-29-20-22-31-79(77)80)32-23-24-38-105-88(115)37-41-131-44-45-133-48-49-135-52-53-137-56-57-139-60-61-141-63-62-140-59-58-138-55-54-136-51-50-134-47-46-132-43-42-127-11/h16-22,26-31,34-35,64-65,69-73,80-81,83-84,86,91-96,102,114,118-119H,15,23-25,32-33,36-63,66-68H2,1-14H3,(H,105,115)(H,106,121)(H,107,120)(H,108,116)(H,109,125)(H,110,122)/t71-,72+,73+,81-,83-,84-,86+,91-,92-,93-,94+,95+,96+,102+/m0/s1. The number of amides is 9. The van der Waals surface area contributed by atoms with Gasteiger partial charge in [-0.25, -0.2) is 14.4 Å². The van der Waals surface area contributed by atoms with Crippen molar-refractivity contribution in [1.82, 2.24) is 41.3 Å². The first kappa shape index (κ1) is 122. The van der Waals surface area contributed by atoms with Gasteiger partial charge < -0.3 is 147 Å². The molecule has 41 nitrogen and oxygen atoms in total. The number of nitrogens with zero attached hydrogens (tertiary/aromatic N) is 3. The number of methoxy groups -OCH3 is 4. The highest BCUT2D eigenvalue weighted by Gasteiger charge is 2.45. The van der Waals surface area contributed by atoms with E-state index in [-0.39, 0.29) is 105 Å². The van der Waals surface area contributed by atoms with Crippen LogP contribution in [0.3, 0.4) is 0 Å². The summed E-state index contributed by atoms with van der Waals surface area (Å²) >= 11 is 0. The van der Waals surface area contributed by atoms with E-state index in [9.17, 15) is 58.5 Å². The third kappa shape index (κ3) is 41.8. The number of ether oxygens (including phenoxy) is 19. The second kappa shape index (κ2) is 68.4. The quantitative estimate of drug-likeness (QED) is 0.0123. The van der Waals surface area contributed by atoms with E-state index in [1.165, 1.54) is 44.4 Å². The molecule has 3 aliphatic rings. The lowest BCUT2D eigenvalue weighted by Gasteiger charge is -2.41. The van der Waals surface area contributed by atoms with Gasteiger partial charge in [0.1, 0.15) is 43.2 Å². The van der Waals surface area contributed by atoms with Crippen molar-refractivity contribution in [2.45, 2.75) is 199 Å². The molecule has 0 saturated carbocycles. The Balaban J connectivity index is 0.870. The Kier molecular flexibility index (Phi) is 57.4. The van der Waals surface area contributed by atoms with Gasteiger partial charge in [-0.05, 0) is 108 Å². The van der Waals surface area contributed by atoms with Crippen molar-refractivity contribution in [3.63, 3.8) is 0 Å². The van der Waals surface area contributed by atoms with Gasteiger partial charge in [-0.2, -0.15) is 0 Å². The summed E-state index contributed by atoms with van der Waals surface area (Å²) in [5.74, 6) is -7.43. The molecule has 9 amide bonds. The van der Waals surface area contributed by atoms with Gasteiger partial charge in [-0.15, -0.1) is 0 Å². The van der Waals surface area contributed by atoms with Crippen LogP contribution >= 0.6 is 0 Å². The van der Waals surface area contributed by atoms with E-state index in [0.717, 1.165) is 40.3 Å². The molecular weight excluding hydrogens is 1890 g/mol. The van der Waals surface area contributed by atoms with Gasteiger partial charge in [0, 0.05) is 73.8 Å². The second-order valence-corrected chi connectivity index (χ2v) is 36.2. The summed E-state index contributed by atoms with van der Waals surface area (Å²) in [6, 6.07) is 23.4. The van der Waals surface area contributed by atoms with Crippen LogP contribution in [0.1, 0.15) is 147 Å². The van der Waals surface area contributed by atoms with Crippen molar-refractivity contribution < 1.29 is 153 Å². The molecule has 7 rings (SSSR count). The zero-order valence-electron chi connectivity index (χ0n) is 86.8. The molecule has 41 heteroatoms. The molecule has 4 aromatic carbocycles. The number of nitrogens with one attached hydrogen (secondary N) is 6. The second-order valence-electron chi connectivity index (χ2n) is 36.2. The molecule has 0 spiro atoms. The summed E-state index contributed by atoms with van der Waals surface area (Å²) in [5, 5.41) is 49.9. The molecule has 1 fully saturated rings. The maximum absolute atomic E-state index is 15.1. The molecule has 0 radical (unpaired) electrons. The maximum Gasteiger partial charge on any atom is 0.410 e. The van der Waals surface area contributed by atoms with Crippen LogP contribution in [0.4, 0.5) is 15.3 Å². The number of hydrogen-bond donors (Lipinski definition) is 9. The van der Waals surface area contributed by atoms with E-state index in [1.54, 1.807) is 84.9 Å². The van der Waals surface area contributed by atoms with Crippen molar-refractivity contribution >= 4 is 65.2 Å². The van der Waals surface area contributed by atoms with Gasteiger partial charge in [0.05, 0.1) is 214 Å². The monoisotopic (exact) mass is 2050 g/mol. The van der Waals surface area contributed by atoms with Gasteiger partial charge in [-0.3, -0.25) is 38.5 Å². The third-order valence-electron chi connectivity index (χ3n) is 25.1. The molecular formula is C104H159N9O32. The van der Waals surface area contributed by atoms with Crippen molar-refractivity contribution in [2.75, 3.05) is 226 Å². The minimum atomic E-state index is -1.79. The fourth-order valence-electron chi connectivity index (χ4n) is 17.0. The predicted molar refractivity (Wildman–Crippen MR) is 533 cm³/mol. The van der Waals surface area contributed by atoms with Crippen LogP contribution in [0.25, 0.3) is 11.1 Å². The number of unbranched alkanes of at least 4 members (excludes halogenated alkanes) is 1. The Morgan fingerprint density at radius 2 is 1.09 bits per heavy atom. The first-order valence-corrected chi connectivity index (χ1v) is 50.3. The molecule has 0 unspecified atom stereocenters. The smallest absolute Gasteiger partial charge is 0.410 e. The fraction of sp³-hybridized carbons (Fsp3) is 0.654. The Hall–Kier alpha value is -10.2. The molecule has 145 heavy (non-hydrogen) atoms. The van der Waals surface area contributed by atoms with Gasteiger partial charge in [0.15, 0.2) is 6.10 Å². The number of rotatable bonds is 74. The van der Waals surface area contributed by atoms with Crippen LogP contribution in [0, 0.1) is 23.7 Å². The van der Waals surface area contributed by atoms with Crippen molar-refractivity contribution in [2.24, 2.45) is 23.7 Å². The highest BCUT2D eigenvalue weighted by atomic mass is 16.7. The number of hydrogen-bond acceptors (Lipinski definition) is 32. The van der Waals surface area contributed by atoms with E-state index in [0.29, 0.717) is 176 Å². The van der Waals surface area contributed by atoms with E-state index in [4.69, 9.17) is 90.0 Å². The van der Waals surface area contributed by atoms with Crippen LogP contribution in [0.15, 0.2) is 109 Å². The largest absolute Gasteiger partial charge is 0.463 e. The van der Waals surface area contributed by atoms with Crippen molar-refractivity contribution in [3.05, 3.63) is 131 Å². The number of aliphatic hydroxyl groups excluding tert-OH is 3. The lowest BCUT2D eigenvalue weighted by Crippen LogP contribution is -2.60. The van der Waals surface area contributed by atoms with Crippen LogP contribution in [-0.4, -0.2) is 377 Å². The molecule has 812 valence electrons. The molecule has 9 N–H and O–H groups in total. The molecule has 14 atom stereocenters. The van der Waals surface area contributed by atoms with E-state index in [2.05, 4.69) is 31.9 Å². The average Bonchev–Trinajstić information content (AvgIpc) is 1.61. The number of alkyl carbamates (subject to hydrolysis) is 1. The molecule has 0 bridgehead atoms. The molecule has 2 heterocycles. The molecule has 2 aliphatic heterocycles. The number of aliphatic hydroxyl groups is 3. The van der Waals surface area contributed by atoms with E-state index < -0.39 is 151 Å². The first-order valence-electron chi connectivity index (χ1n) is 50.3. The zero-order valence-corrected chi connectivity index (χ0v) is 86.8. The van der Waals surface area contributed by atoms with Crippen LogP contribution < -0.4 is 36.6 Å². The topological polar surface area (TPSA) is 489 Å². The van der Waals surface area contributed by atoms with Crippen molar-refractivity contribution in [3.8, 4) is 16.9 Å². The van der Waals surface area contributed by atoms with Gasteiger partial charge >= 0.3 is 18.2 Å². The predicted octanol–water partition coefficient (Wildman–Crippen LogP) is 6.95. The number of benzene rings is 4. The highest BCUT2D eigenvalue weighted by Crippen LogP contribution is 2.45. The van der Waals surface area contributed by atoms with Gasteiger partial charge in [0.25, 0.3) is 6.29 Å². The lowest BCUT2D eigenvalue weighted by atomic mass is 9.89. The summed E-state index contributed by atoms with van der Waals surface area (Å²) in [4.78, 5) is 145. The Bertz CT molecular complexity index is 4480. The Morgan fingerprint density at radius 1 is 0.552 bits per heavy atom. The summed E-state index contributed by atoms with van der Waals surface area (Å²) in [5.41, 5.74) is 4.75. The summed E-state index contributed by atoms with van der Waals surface area (Å²) in [6.07, 6.45) is -6.54. The number of carbonyl (C=O) groups excluding carboxylic acids is 10. The molecule has 1 saturated heterocycles. The van der Waals surface area contributed by atoms with Gasteiger partial charge in [-0.1, -0.05) is 140 Å². The number of esters is 1. The number of fused-ring (bicyclic) bond motifs is 3. The fourth-order valence-corrected chi connectivity index (χ4v) is 17.0. The number of carbonyl (C=O) groups is 10. The first-order chi connectivity index (χ1) is 70.0. The normalized spacial score (nSPS) is 17.0. The highest BCUT2D eigenvalue weighted by molar-refractivity contribution is 5.94. The van der Waals surface area contributed by atoms with E-state index >= 15 is 4.79 Å². The average molecular weight is 2050 g/mol. The third-order valence-corrected chi connectivity index (χ3v) is 25.1. The number of anilines is 1. The van der Waals surface area contributed by atoms with Crippen LogP contribution in [0.2, 0.25) is 0 Å². The zero-order chi connectivity index (χ0) is 105. The molecule has 1 aliphatic carbocycles. The maximum atomic E-state index is 15.1. The number of likely N-dealkylation sites (N-methyl/N-ethyl adjacent to an activating group) is 2.